The van der Waals surface area contributed by atoms with E-state index in [0.29, 0.717) is 6.61 Å². The summed E-state index contributed by atoms with van der Waals surface area (Å²) < 4.78 is 5.15. The highest BCUT2D eigenvalue weighted by Gasteiger charge is 2.32. The number of carbonyl (C=O) groups is 1. The van der Waals surface area contributed by atoms with Gasteiger partial charge in [0.15, 0.2) is 0 Å². The van der Waals surface area contributed by atoms with Crippen molar-refractivity contribution in [2.75, 3.05) is 6.61 Å². The summed E-state index contributed by atoms with van der Waals surface area (Å²) in [7, 11) is 0. The first kappa shape index (κ1) is 16.5. The molecule has 0 aromatic rings. The molecule has 19 heavy (non-hydrogen) atoms. The normalized spacial score (nSPS) is 26.7. The fraction of sp³-hybridized carbons (Fsp3) is 0.941. The van der Waals surface area contributed by atoms with Crippen molar-refractivity contribution in [3.8, 4) is 0 Å². The van der Waals surface area contributed by atoms with Gasteiger partial charge in [-0.25, -0.2) is 0 Å². The van der Waals surface area contributed by atoms with Crippen molar-refractivity contribution in [2.24, 2.45) is 23.7 Å². The monoisotopic (exact) mass is 268 g/mol. The third-order valence-electron chi connectivity index (χ3n) is 4.94. The minimum atomic E-state index is 0.0376. The highest BCUT2D eigenvalue weighted by molar-refractivity contribution is 5.72. The lowest BCUT2D eigenvalue weighted by molar-refractivity contribution is -0.149. The van der Waals surface area contributed by atoms with Gasteiger partial charge in [-0.15, -0.1) is 0 Å². The number of ether oxygens (including phenoxy) is 1. The van der Waals surface area contributed by atoms with Crippen LogP contribution in [0.2, 0.25) is 0 Å². The summed E-state index contributed by atoms with van der Waals surface area (Å²) >= 11 is 0. The van der Waals surface area contributed by atoms with Crippen molar-refractivity contribution in [3.05, 3.63) is 0 Å². The quantitative estimate of drug-likeness (QED) is 0.619. The molecule has 0 aromatic carbocycles. The van der Waals surface area contributed by atoms with Gasteiger partial charge in [-0.05, 0) is 50.4 Å². The van der Waals surface area contributed by atoms with E-state index in [1.807, 2.05) is 6.92 Å². The van der Waals surface area contributed by atoms with E-state index in [2.05, 4.69) is 20.8 Å². The van der Waals surface area contributed by atoms with E-state index in [-0.39, 0.29) is 11.9 Å². The van der Waals surface area contributed by atoms with Crippen molar-refractivity contribution >= 4 is 5.97 Å². The fourth-order valence-corrected chi connectivity index (χ4v) is 3.91. The van der Waals surface area contributed by atoms with Crippen molar-refractivity contribution < 1.29 is 9.53 Å². The van der Waals surface area contributed by atoms with E-state index in [9.17, 15) is 4.79 Å². The molecule has 0 radical (unpaired) electrons. The van der Waals surface area contributed by atoms with E-state index in [4.69, 9.17) is 4.74 Å². The second kappa shape index (κ2) is 8.60. The highest BCUT2D eigenvalue weighted by Crippen LogP contribution is 2.39. The Morgan fingerprint density at radius 3 is 2.26 bits per heavy atom. The average Bonchev–Trinajstić information content (AvgIpc) is 2.41. The number of hydrogen-bond donors (Lipinski definition) is 0. The average molecular weight is 268 g/mol. The fourth-order valence-electron chi connectivity index (χ4n) is 3.91. The van der Waals surface area contributed by atoms with Crippen LogP contribution in [0.15, 0.2) is 0 Å². The van der Waals surface area contributed by atoms with Gasteiger partial charge in [0.2, 0.25) is 0 Å². The van der Waals surface area contributed by atoms with E-state index < -0.39 is 0 Å². The van der Waals surface area contributed by atoms with Gasteiger partial charge >= 0.3 is 5.97 Å². The third-order valence-corrected chi connectivity index (χ3v) is 4.94. The molecule has 112 valence electrons. The molecule has 0 aromatic heterocycles. The van der Waals surface area contributed by atoms with Gasteiger partial charge < -0.3 is 4.74 Å². The molecule has 0 heterocycles. The van der Waals surface area contributed by atoms with Crippen LogP contribution in [0.3, 0.4) is 0 Å². The van der Waals surface area contributed by atoms with Crippen molar-refractivity contribution in [1.29, 1.82) is 0 Å². The number of esters is 1. The Morgan fingerprint density at radius 1 is 1.16 bits per heavy atom. The van der Waals surface area contributed by atoms with Crippen LogP contribution < -0.4 is 0 Å². The van der Waals surface area contributed by atoms with Crippen molar-refractivity contribution in [3.63, 3.8) is 0 Å². The van der Waals surface area contributed by atoms with Crippen LogP contribution in [0.4, 0.5) is 0 Å². The minimum Gasteiger partial charge on any atom is -0.466 e. The first-order chi connectivity index (χ1) is 9.13. The molecule has 1 saturated carbocycles. The first-order valence-electron chi connectivity index (χ1n) is 8.30. The Labute approximate surface area is 119 Å². The van der Waals surface area contributed by atoms with Gasteiger partial charge in [0.25, 0.3) is 0 Å². The Balaban J connectivity index is 2.45. The van der Waals surface area contributed by atoms with Crippen LogP contribution in [0, 0.1) is 23.7 Å². The smallest absolute Gasteiger partial charge is 0.308 e. The Kier molecular flexibility index (Phi) is 7.48. The van der Waals surface area contributed by atoms with Crippen LogP contribution in [0.25, 0.3) is 0 Å². The molecule has 1 aliphatic rings. The molecule has 0 bridgehead atoms. The summed E-state index contributed by atoms with van der Waals surface area (Å²) in [5, 5.41) is 0. The standard InChI is InChI=1S/C17H32O2/c1-5-8-13(4)16(6-2)14-9-11-15(12-10-14)17(18)19-7-3/h13-16H,5-12H2,1-4H3. The molecule has 1 fully saturated rings. The molecule has 2 unspecified atom stereocenters. The second-order valence-electron chi connectivity index (χ2n) is 6.20. The zero-order valence-electron chi connectivity index (χ0n) is 13.3. The van der Waals surface area contributed by atoms with Crippen LogP contribution in [0.1, 0.15) is 72.6 Å². The van der Waals surface area contributed by atoms with E-state index in [1.54, 1.807) is 0 Å². The lowest BCUT2D eigenvalue weighted by Crippen LogP contribution is -2.29. The maximum absolute atomic E-state index is 11.8. The first-order valence-corrected chi connectivity index (χ1v) is 8.30. The Bertz CT molecular complexity index is 254. The molecule has 2 atom stereocenters. The lowest BCUT2D eigenvalue weighted by atomic mass is 9.70. The molecule has 0 saturated heterocycles. The largest absolute Gasteiger partial charge is 0.466 e. The summed E-state index contributed by atoms with van der Waals surface area (Å²) in [4.78, 5) is 11.8. The van der Waals surface area contributed by atoms with Crippen LogP contribution in [0.5, 0.6) is 0 Å². The Morgan fingerprint density at radius 2 is 1.79 bits per heavy atom. The molecule has 1 rings (SSSR count). The predicted molar refractivity (Wildman–Crippen MR) is 79.9 cm³/mol. The summed E-state index contributed by atoms with van der Waals surface area (Å²) in [6, 6.07) is 0. The molecular formula is C17H32O2. The second-order valence-corrected chi connectivity index (χ2v) is 6.20. The Hall–Kier alpha value is -0.530. The van der Waals surface area contributed by atoms with E-state index in [0.717, 1.165) is 30.6 Å². The molecular weight excluding hydrogens is 236 g/mol. The molecule has 2 nitrogen and oxygen atoms in total. The highest BCUT2D eigenvalue weighted by atomic mass is 16.5. The molecule has 2 heteroatoms. The van der Waals surface area contributed by atoms with Gasteiger partial charge in [-0.3, -0.25) is 4.79 Å². The van der Waals surface area contributed by atoms with Crippen LogP contribution in [-0.4, -0.2) is 12.6 Å². The van der Waals surface area contributed by atoms with Crippen LogP contribution >= 0.6 is 0 Å². The SMILES string of the molecule is CCCC(C)C(CC)C1CCC(C(=O)OCC)CC1. The minimum absolute atomic E-state index is 0.0376. The van der Waals surface area contributed by atoms with Crippen molar-refractivity contribution in [1.82, 2.24) is 0 Å². The summed E-state index contributed by atoms with van der Waals surface area (Å²) in [5.41, 5.74) is 0. The zero-order chi connectivity index (χ0) is 14.3. The van der Waals surface area contributed by atoms with E-state index >= 15 is 0 Å². The third kappa shape index (κ3) is 4.81. The summed E-state index contributed by atoms with van der Waals surface area (Å²) in [6.45, 7) is 9.43. The maximum atomic E-state index is 11.8. The number of carbonyl (C=O) groups excluding carboxylic acids is 1. The topological polar surface area (TPSA) is 26.3 Å². The van der Waals surface area contributed by atoms with Gasteiger partial charge in [-0.2, -0.15) is 0 Å². The molecule has 0 N–H and O–H groups in total. The van der Waals surface area contributed by atoms with Gasteiger partial charge in [0.05, 0.1) is 12.5 Å². The molecule has 0 aliphatic heterocycles. The van der Waals surface area contributed by atoms with Gasteiger partial charge in [0.1, 0.15) is 0 Å². The molecule has 1 aliphatic carbocycles. The van der Waals surface area contributed by atoms with E-state index in [1.165, 1.54) is 32.1 Å². The maximum Gasteiger partial charge on any atom is 0.308 e. The van der Waals surface area contributed by atoms with Gasteiger partial charge in [-0.1, -0.05) is 40.0 Å². The summed E-state index contributed by atoms with van der Waals surface area (Å²) in [6.07, 6.45) is 8.44. The zero-order valence-corrected chi connectivity index (χ0v) is 13.3. The lowest BCUT2D eigenvalue weighted by Gasteiger charge is -2.36. The van der Waals surface area contributed by atoms with Gasteiger partial charge in [0, 0.05) is 0 Å². The number of rotatable bonds is 7. The predicted octanol–water partition coefficient (Wildman–Crippen LogP) is 4.82. The van der Waals surface area contributed by atoms with Crippen LogP contribution in [-0.2, 0) is 9.53 Å². The summed E-state index contributed by atoms with van der Waals surface area (Å²) in [5.74, 6) is 2.73. The molecule has 0 spiro atoms. The number of hydrogen-bond acceptors (Lipinski definition) is 2. The van der Waals surface area contributed by atoms with Crippen molar-refractivity contribution in [2.45, 2.75) is 72.6 Å². The molecule has 0 amide bonds.